The molecule has 1 unspecified atom stereocenters. The number of rotatable bonds is 8. The second kappa shape index (κ2) is 10.7. The van der Waals surface area contributed by atoms with Gasteiger partial charge in [0.05, 0.1) is 6.10 Å². The van der Waals surface area contributed by atoms with E-state index in [2.05, 4.69) is 32.7 Å². The zero-order valence-corrected chi connectivity index (χ0v) is 18.9. The third-order valence-corrected chi connectivity index (χ3v) is 6.22. The minimum Gasteiger partial charge on any atom is -0.460 e. The smallest absolute Gasteiger partial charge is 0.317 e. The minimum atomic E-state index is -0.707. The first kappa shape index (κ1) is 23.1. The van der Waals surface area contributed by atoms with Gasteiger partial charge in [-0.2, -0.15) is 4.98 Å². The molecule has 9 heteroatoms. The largest absolute Gasteiger partial charge is 0.460 e. The van der Waals surface area contributed by atoms with Crippen LogP contribution < -0.4 is 15.4 Å². The Morgan fingerprint density at radius 2 is 1.85 bits per heavy atom. The van der Waals surface area contributed by atoms with Gasteiger partial charge in [-0.1, -0.05) is 24.3 Å². The van der Waals surface area contributed by atoms with E-state index in [4.69, 9.17) is 4.74 Å². The first-order valence-electron chi connectivity index (χ1n) is 11.5. The maximum atomic E-state index is 12.5. The first-order chi connectivity index (χ1) is 16.0. The molecule has 0 spiro atoms. The van der Waals surface area contributed by atoms with Crippen LogP contribution in [0.15, 0.2) is 36.5 Å². The molecule has 9 nitrogen and oxygen atoms in total. The Kier molecular flexibility index (Phi) is 7.51. The number of ether oxygens (including phenoxy) is 1. The molecule has 0 bridgehead atoms. The second-order valence-electron chi connectivity index (χ2n) is 8.69. The van der Waals surface area contributed by atoms with E-state index in [1.165, 1.54) is 23.4 Å². The number of aliphatic hydroxyl groups excluding tert-OH is 1. The summed E-state index contributed by atoms with van der Waals surface area (Å²) < 4.78 is 5.82. The zero-order valence-electron chi connectivity index (χ0n) is 18.9. The number of likely N-dealkylation sites (tertiary alicyclic amines) is 1. The third-order valence-electron chi connectivity index (χ3n) is 6.22. The van der Waals surface area contributed by atoms with Gasteiger partial charge < -0.3 is 25.4 Å². The fourth-order valence-electron chi connectivity index (χ4n) is 4.34. The number of fused-ring (bicyclic) bond motifs is 1. The van der Waals surface area contributed by atoms with Gasteiger partial charge in [0.1, 0.15) is 11.8 Å². The van der Waals surface area contributed by atoms with Gasteiger partial charge in [0, 0.05) is 58.2 Å². The lowest BCUT2D eigenvalue weighted by atomic mass is 10.1. The van der Waals surface area contributed by atoms with Crippen molar-refractivity contribution >= 4 is 11.8 Å². The highest BCUT2D eigenvalue weighted by atomic mass is 16.5. The SMILES string of the molecule is CC(=O)N1CCC(Oc2nccc(C(=O)NCC(O)CNC3Cc4ccccc4C3)n2)CC1. The first-order valence-corrected chi connectivity index (χ1v) is 11.5. The molecule has 33 heavy (non-hydrogen) atoms. The Bertz CT molecular complexity index is 952. The maximum absolute atomic E-state index is 12.5. The fourth-order valence-corrected chi connectivity index (χ4v) is 4.34. The fraction of sp³-hybridized carbons (Fsp3) is 0.500. The molecule has 0 radical (unpaired) electrons. The van der Waals surface area contributed by atoms with E-state index in [1.807, 2.05) is 12.1 Å². The molecule has 176 valence electrons. The number of piperidine rings is 1. The Labute approximate surface area is 193 Å². The highest BCUT2D eigenvalue weighted by Gasteiger charge is 2.24. The van der Waals surface area contributed by atoms with Gasteiger partial charge in [-0.25, -0.2) is 4.98 Å². The predicted octanol–water partition coefficient (Wildman–Crippen LogP) is 0.714. The van der Waals surface area contributed by atoms with Gasteiger partial charge in [0.25, 0.3) is 5.91 Å². The summed E-state index contributed by atoms with van der Waals surface area (Å²) in [5, 5.41) is 16.4. The monoisotopic (exact) mass is 453 g/mol. The highest BCUT2D eigenvalue weighted by molar-refractivity contribution is 5.92. The van der Waals surface area contributed by atoms with E-state index in [-0.39, 0.29) is 36.2 Å². The molecule has 1 aromatic carbocycles. The van der Waals surface area contributed by atoms with Gasteiger partial charge >= 0.3 is 6.01 Å². The van der Waals surface area contributed by atoms with Crippen LogP contribution in [0.2, 0.25) is 0 Å². The lowest BCUT2D eigenvalue weighted by Gasteiger charge is -2.30. The standard InChI is InChI=1S/C24H31N5O4/c1-16(30)29-10-7-21(8-11-29)33-24-25-9-6-22(28-24)23(32)27-15-20(31)14-26-19-12-17-4-2-3-5-18(17)13-19/h2-6,9,19-21,26,31H,7-8,10-15H2,1H3,(H,27,32). The van der Waals surface area contributed by atoms with Crippen LogP contribution in [0.5, 0.6) is 6.01 Å². The van der Waals surface area contributed by atoms with E-state index < -0.39 is 6.10 Å². The topological polar surface area (TPSA) is 117 Å². The number of carbonyl (C=O) groups is 2. The van der Waals surface area contributed by atoms with Crippen LogP contribution in [-0.4, -0.2) is 76.2 Å². The molecule has 4 rings (SSSR count). The van der Waals surface area contributed by atoms with Crippen LogP contribution in [0, 0.1) is 0 Å². The van der Waals surface area contributed by atoms with Crippen molar-refractivity contribution in [2.75, 3.05) is 26.2 Å². The van der Waals surface area contributed by atoms with E-state index in [9.17, 15) is 14.7 Å². The van der Waals surface area contributed by atoms with Gasteiger partial charge in [0.2, 0.25) is 5.91 Å². The molecule has 1 fully saturated rings. The number of hydrogen-bond donors (Lipinski definition) is 3. The van der Waals surface area contributed by atoms with Gasteiger partial charge in [-0.3, -0.25) is 9.59 Å². The van der Waals surface area contributed by atoms with Gasteiger partial charge in [-0.05, 0) is 30.0 Å². The maximum Gasteiger partial charge on any atom is 0.317 e. The summed E-state index contributed by atoms with van der Waals surface area (Å²) >= 11 is 0. The normalized spacial score (nSPS) is 17.5. The van der Waals surface area contributed by atoms with Crippen molar-refractivity contribution < 1.29 is 19.4 Å². The van der Waals surface area contributed by atoms with Crippen LogP contribution in [0.25, 0.3) is 0 Å². The van der Waals surface area contributed by atoms with E-state index in [0.29, 0.717) is 38.5 Å². The highest BCUT2D eigenvalue weighted by Crippen LogP contribution is 2.21. The molecule has 2 amide bonds. The Morgan fingerprint density at radius 3 is 2.52 bits per heavy atom. The summed E-state index contributed by atoms with van der Waals surface area (Å²) in [5.74, 6) is -0.324. The summed E-state index contributed by atoms with van der Waals surface area (Å²) in [6.07, 6.45) is 3.99. The van der Waals surface area contributed by atoms with Crippen molar-refractivity contribution in [3.05, 3.63) is 53.3 Å². The Hall–Kier alpha value is -3.04. The molecule has 3 N–H and O–H groups in total. The molecular formula is C24H31N5O4. The lowest BCUT2D eigenvalue weighted by Crippen LogP contribution is -2.42. The number of hydrogen-bond acceptors (Lipinski definition) is 7. The number of nitrogens with one attached hydrogen (secondary N) is 2. The van der Waals surface area contributed by atoms with E-state index >= 15 is 0 Å². The molecule has 2 aliphatic rings. The van der Waals surface area contributed by atoms with Crippen molar-refractivity contribution in [3.8, 4) is 6.01 Å². The number of benzene rings is 1. The molecule has 1 aliphatic heterocycles. The van der Waals surface area contributed by atoms with Crippen molar-refractivity contribution in [1.82, 2.24) is 25.5 Å². The van der Waals surface area contributed by atoms with E-state index in [0.717, 1.165) is 12.8 Å². The van der Waals surface area contributed by atoms with E-state index in [1.54, 1.807) is 11.8 Å². The molecule has 2 aromatic rings. The number of amides is 2. The second-order valence-corrected chi connectivity index (χ2v) is 8.69. The molecule has 1 aromatic heterocycles. The average molecular weight is 454 g/mol. The molecule has 1 aliphatic carbocycles. The van der Waals surface area contributed by atoms with Gasteiger partial charge in [0.15, 0.2) is 0 Å². The van der Waals surface area contributed by atoms with Crippen molar-refractivity contribution in [2.45, 2.75) is 50.9 Å². The van der Waals surface area contributed by atoms with Crippen LogP contribution in [0.4, 0.5) is 0 Å². The van der Waals surface area contributed by atoms with Crippen molar-refractivity contribution in [1.29, 1.82) is 0 Å². The van der Waals surface area contributed by atoms with Crippen LogP contribution in [0.3, 0.4) is 0 Å². The number of aromatic nitrogens is 2. The summed E-state index contributed by atoms with van der Waals surface area (Å²) in [6.45, 7) is 3.36. The molecule has 1 saturated heterocycles. The number of aliphatic hydroxyl groups is 1. The molecule has 1 atom stereocenters. The van der Waals surface area contributed by atoms with Crippen molar-refractivity contribution in [3.63, 3.8) is 0 Å². The summed E-state index contributed by atoms with van der Waals surface area (Å²) in [4.78, 5) is 34.0. The average Bonchev–Trinajstić information content (AvgIpc) is 3.25. The van der Waals surface area contributed by atoms with Crippen LogP contribution in [0.1, 0.15) is 41.4 Å². The Balaban J connectivity index is 1.19. The lowest BCUT2D eigenvalue weighted by molar-refractivity contribution is -0.130. The molecule has 0 saturated carbocycles. The number of nitrogens with zero attached hydrogens (tertiary/aromatic N) is 3. The number of carbonyl (C=O) groups excluding carboxylic acids is 2. The predicted molar refractivity (Wildman–Crippen MR) is 122 cm³/mol. The zero-order chi connectivity index (χ0) is 23.2. The van der Waals surface area contributed by atoms with Crippen LogP contribution in [-0.2, 0) is 17.6 Å². The van der Waals surface area contributed by atoms with Gasteiger partial charge in [-0.15, -0.1) is 0 Å². The summed E-state index contributed by atoms with van der Waals surface area (Å²) in [6, 6.07) is 10.3. The Morgan fingerprint density at radius 1 is 1.15 bits per heavy atom. The molecule has 2 heterocycles. The summed E-state index contributed by atoms with van der Waals surface area (Å²) in [5.41, 5.74) is 2.89. The molecular weight excluding hydrogens is 422 g/mol. The van der Waals surface area contributed by atoms with Crippen molar-refractivity contribution in [2.24, 2.45) is 0 Å². The minimum absolute atomic E-state index is 0.0640. The quantitative estimate of drug-likeness (QED) is 0.539. The van der Waals surface area contributed by atoms with Crippen LogP contribution >= 0.6 is 0 Å². The summed E-state index contributed by atoms with van der Waals surface area (Å²) in [7, 11) is 0. The third kappa shape index (κ3) is 6.27.